The Kier molecular flexibility index (Phi) is 11.1. The van der Waals surface area contributed by atoms with E-state index < -0.39 is 12.3 Å². The second kappa shape index (κ2) is 13.9. The summed E-state index contributed by atoms with van der Waals surface area (Å²) in [5.41, 5.74) is 0.850. The van der Waals surface area contributed by atoms with E-state index in [4.69, 9.17) is 9.47 Å². The van der Waals surface area contributed by atoms with Crippen LogP contribution >= 0.6 is 0 Å². The second-order valence-corrected chi connectivity index (χ2v) is 7.52. The predicted octanol–water partition coefficient (Wildman–Crippen LogP) is 6.74. The maximum atomic E-state index is 13.8. The van der Waals surface area contributed by atoms with Crippen LogP contribution in [0, 0.1) is 0 Å². The smallest absolute Gasteiger partial charge is 0.159 e. The van der Waals surface area contributed by atoms with Crippen molar-refractivity contribution in [3.05, 3.63) is 36.7 Å². The van der Waals surface area contributed by atoms with E-state index in [-0.39, 0.29) is 0 Å². The number of hydrogen-bond donors (Lipinski definition) is 0. The first-order chi connectivity index (χ1) is 14.6. The van der Waals surface area contributed by atoms with Crippen LogP contribution in [0.2, 0.25) is 0 Å². The van der Waals surface area contributed by atoms with Crippen LogP contribution in [-0.2, 0) is 0 Å². The molecule has 0 saturated heterocycles. The number of hydrogen-bond acceptors (Lipinski definition) is 4. The van der Waals surface area contributed by atoms with Crippen LogP contribution in [0.25, 0.3) is 11.4 Å². The van der Waals surface area contributed by atoms with Crippen molar-refractivity contribution in [3.63, 3.8) is 0 Å². The molecule has 1 aromatic heterocycles. The number of ether oxygens (including phenoxy) is 2. The van der Waals surface area contributed by atoms with Crippen LogP contribution < -0.4 is 9.47 Å². The summed E-state index contributed by atoms with van der Waals surface area (Å²) < 4.78 is 38.4. The normalized spacial score (nSPS) is 13.1. The van der Waals surface area contributed by atoms with Gasteiger partial charge in [-0.05, 0) is 37.1 Å². The van der Waals surface area contributed by atoms with Crippen molar-refractivity contribution >= 4 is 0 Å². The van der Waals surface area contributed by atoms with Gasteiger partial charge in [0, 0.05) is 18.4 Å². The summed E-state index contributed by atoms with van der Waals surface area (Å²) in [5, 5.41) is 0. The summed E-state index contributed by atoms with van der Waals surface area (Å²) in [4.78, 5) is 8.65. The lowest BCUT2D eigenvalue weighted by Crippen LogP contribution is -2.08. The molecule has 4 nitrogen and oxygen atoms in total. The standard InChI is InChI=1S/C24H34F2N2O2/c1-3-5-6-8-21(26)14-16-30-23-17-27-24(28-18-23)19-9-11-22(12-10-19)29-15-13-20(25)7-4-2/h9-12,17-18,20-21H,3-8,13-16H2,1-2H3. The largest absolute Gasteiger partial charge is 0.493 e. The van der Waals surface area contributed by atoms with Crippen LogP contribution in [0.1, 0.15) is 65.2 Å². The van der Waals surface area contributed by atoms with Gasteiger partial charge in [-0.2, -0.15) is 0 Å². The number of aromatic nitrogens is 2. The number of unbranched alkanes of at least 4 members (excludes halogenated alkanes) is 2. The van der Waals surface area contributed by atoms with Gasteiger partial charge in [-0.1, -0.05) is 39.5 Å². The summed E-state index contributed by atoms with van der Waals surface area (Å²) in [7, 11) is 0. The summed E-state index contributed by atoms with van der Waals surface area (Å²) >= 11 is 0. The average molecular weight is 421 g/mol. The number of benzene rings is 1. The van der Waals surface area contributed by atoms with Gasteiger partial charge in [0.2, 0.25) is 0 Å². The Bertz CT molecular complexity index is 695. The van der Waals surface area contributed by atoms with Crippen LogP contribution in [0.15, 0.2) is 36.7 Å². The van der Waals surface area contributed by atoms with Gasteiger partial charge in [-0.15, -0.1) is 0 Å². The SMILES string of the molecule is CCCCCC(F)CCOc1cnc(-c2ccc(OCCC(F)CCC)cc2)nc1. The van der Waals surface area contributed by atoms with Gasteiger partial charge >= 0.3 is 0 Å². The van der Waals surface area contributed by atoms with Gasteiger partial charge in [-0.3, -0.25) is 0 Å². The highest BCUT2D eigenvalue weighted by Crippen LogP contribution is 2.21. The first-order valence-corrected chi connectivity index (χ1v) is 11.1. The van der Waals surface area contributed by atoms with E-state index in [0.717, 1.165) is 31.2 Å². The van der Waals surface area contributed by atoms with Crippen molar-refractivity contribution in [2.75, 3.05) is 13.2 Å². The first-order valence-electron chi connectivity index (χ1n) is 11.1. The van der Waals surface area contributed by atoms with Crippen molar-refractivity contribution < 1.29 is 18.3 Å². The van der Waals surface area contributed by atoms with Gasteiger partial charge in [-0.25, -0.2) is 18.7 Å². The Morgan fingerprint density at radius 3 is 1.93 bits per heavy atom. The van der Waals surface area contributed by atoms with E-state index >= 15 is 0 Å². The topological polar surface area (TPSA) is 44.2 Å². The first kappa shape index (κ1) is 24.0. The highest BCUT2D eigenvalue weighted by molar-refractivity contribution is 5.56. The van der Waals surface area contributed by atoms with Crippen molar-refractivity contribution in [3.8, 4) is 22.9 Å². The summed E-state index contributed by atoms with van der Waals surface area (Å²) in [6.07, 6.45) is 7.48. The highest BCUT2D eigenvalue weighted by Gasteiger charge is 2.08. The molecule has 30 heavy (non-hydrogen) atoms. The Balaban J connectivity index is 1.75. The molecular formula is C24H34F2N2O2. The molecule has 0 fully saturated rings. The molecule has 2 aromatic rings. The molecule has 2 atom stereocenters. The van der Waals surface area contributed by atoms with Crippen LogP contribution in [0.5, 0.6) is 11.5 Å². The van der Waals surface area contributed by atoms with Gasteiger partial charge in [0.05, 0.1) is 25.6 Å². The van der Waals surface area contributed by atoms with Gasteiger partial charge in [0.15, 0.2) is 11.6 Å². The maximum Gasteiger partial charge on any atom is 0.159 e. The third-order valence-corrected chi connectivity index (χ3v) is 4.86. The fourth-order valence-electron chi connectivity index (χ4n) is 3.07. The minimum Gasteiger partial charge on any atom is -0.493 e. The molecule has 0 spiro atoms. The van der Waals surface area contributed by atoms with Crippen molar-refractivity contribution in [2.45, 2.75) is 77.6 Å². The lowest BCUT2D eigenvalue weighted by atomic mass is 10.1. The molecule has 0 amide bonds. The summed E-state index contributed by atoms with van der Waals surface area (Å²) in [5.74, 6) is 1.80. The number of alkyl halides is 2. The van der Waals surface area contributed by atoms with E-state index in [9.17, 15) is 8.78 Å². The van der Waals surface area contributed by atoms with Crippen LogP contribution in [-0.4, -0.2) is 35.5 Å². The third kappa shape index (κ3) is 9.06. The van der Waals surface area contributed by atoms with Crippen LogP contribution in [0.4, 0.5) is 8.78 Å². The van der Waals surface area contributed by atoms with E-state index in [2.05, 4.69) is 16.9 Å². The molecule has 0 bridgehead atoms. The molecular weight excluding hydrogens is 386 g/mol. The molecule has 1 aromatic carbocycles. The fourth-order valence-corrected chi connectivity index (χ4v) is 3.07. The lowest BCUT2D eigenvalue weighted by Gasteiger charge is -2.10. The maximum absolute atomic E-state index is 13.8. The lowest BCUT2D eigenvalue weighted by molar-refractivity contribution is 0.222. The molecule has 0 aliphatic carbocycles. The van der Waals surface area contributed by atoms with E-state index in [1.165, 1.54) is 0 Å². The molecule has 2 unspecified atom stereocenters. The monoisotopic (exact) mass is 420 g/mol. The minimum absolute atomic E-state index is 0.319. The quantitative estimate of drug-likeness (QED) is 0.299. The Labute approximate surface area is 179 Å². The zero-order valence-electron chi connectivity index (χ0n) is 18.2. The Morgan fingerprint density at radius 1 is 0.733 bits per heavy atom. The molecule has 0 N–H and O–H groups in total. The number of halogens is 2. The second-order valence-electron chi connectivity index (χ2n) is 7.52. The third-order valence-electron chi connectivity index (χ3n) is 4.86. The average Bonchev–Trinajstić information content (AvgIpc) is 2.75. The van der Waals surface area contributed by atoms with Crippen molar-refractivity contribution in [2.24, 2.45) is 0 Å². The van der Waals surface area contributed by atoms with Gasteiger partial charge in [0.1, 0.15) is 18.1 Å². The Morgan fingerprint density at radius 2 is 1.33 bits per heavy atom. The van der Waals surface area contributed by atoms with E-state index in [1.807, 2.05) is 31.2 Å². The molecule has 0 aliphatic rings. The molecule has 0 saturated carbocycles. The molecule has 0 radical (unpaired) electrons. The highest BCUT2D eigenvalue weighted by atomic mass is 19.1. The van der Waals surface area contributed by atoms with E-state index in [1.54, 1.807) is 12.4 Å². The molecule has 1 heterocycles. The van der Waals surface area contributed by atoms with Crippen molar-refractivity contribution in [1.29, 1.82) is 0 Å². The molecule has 166 valence electrons. The zero-order chi connectivity index (χ0) is 21.6. The van der Waals surface area contributed by atoms with Crippen molar-refractivity contribution in [1.82, 2.24) is 9.97 Å². The number of rotatable bonds is 15. The zero-order valence-corrected chi connectivity index (χ0v) is 18.2. The van der Waals surface area contributed by atoms with Gasteiger partial charge in [0.25, 0.3) is 0 Å². The molecule has 6 heteroatoms. The van der Waals surface area contributed by atoms with E-state index in [0.29, 0.717) is 56.2 Å². The summed E-state index contributed by atoms with van der Waals surface area (Å²) in [6.45, 7) is 4.77. The summed E-state index contributed by atoms with van der Waals surface area (Å²) in [6, 6.07) is 7.40. The molecule has 2 rings (SSSR count). The fraction of sp³-hybridized carbons (Fsp3) is 0.583. The van der Waals surface area contributed by atoms with Crippen LogP contribution in [0.3, 0.4) is 0 Å². The minimum atomic E-state index is -0.820. The number of nitrogens with zero attached hydrogens (tertiary/aromatic N) is 2. The Hall–Kier alpha value is -2.24. The van der Waals surface area contributed by atoms with Gasteiger partial charge < -0.3 is 9.47 Å². The molecule has 0 aliphatic heterocycles. The predicted molar refractivity (Wildman–Crippen MR) is 117 cm³/mol.